The Morgan fingerprint density at radius 3 is 2.67 bits per heavy atom. The van der Waals surface area contributed by atoms with E-state index in [1.54, 1.807) is 6.07 Å². The van der Waals surface area contributed by atoms with Crippen molar-refractivity contribution in [1.29, 1.82) is 0 Å². The molecule has 2 aromatic carbocycles. The number of hydrogen-bond acceptors (Lipinski definition) is 1. The zero-order valence-corrected chi connectivity index (χ0v) is 11.8. The molecule has 4 heteroatoms. The highest BCUT2D eigenvalue weighted by Gasteiger charge is 2.15. The first-order valence-electron chi connectivity index (χ1n) is 6.71. The van der Waals surface area contributed by atoms with E-state index in [1.807, 2.05) is 38.1 Å². The van der Waals surface area contributed by atoms with Crippen LogP contribution in [0.5, 0.6) is 0 Å². The summed E-state index contributed by atoms with van der Waals surface area (Å²) in [5.74, 6) is -0.548. The Morgan fingerprint density at radius 2 is 1.90 bits per heavy atom. The monoisotopic (exact) mass is 282 g/mol. The molecule has 3 rings (SSSR count). The molecule has 0 fully saturated rings. The minimum Gasteiger partial charge on any atom is -0.350 e. The van der Waals surface area contributed by atoms with Gasteiger partial charge >= 0.3 is 0 Å². The smallest absolute Gasteiger partial charge is 0.272 e. The summed E-state index contributed by atoms with van der Waals surface area (Å²) in [5, 5.41) is 3.73. The fourth-order valence-corrected chi connectivity index (χ4v) is 2.44. The standard InChI is InChI=1S/C17H15FN2O/c1-10-5-3-4-6-14(10)20-17(21)16-11(2)13-8-7-12(18)9-15(13)19-16/h3-9,19H,1-2H3,(H,20,21). The van der Waals surface area contributed by atoms with E-state index in [4.69, 9.17) is 0 Å². The van der Waals surface area contributed by atoms with E-state index in [2.05, 4.69) is 10.3 Å². The second kappa shape index (κ2) is 5.05. The van der Waals surface area contributed by atoms with Gasteiger partial charge in [0.2, 0.25) is 0 Å². The molecule has 0 saturated carbocycles. The van der Waals surface area contributed by atoms with Gasteiger partial charge in [0.15, 0.2) is 0 Å². The summed E-state index contributed by atoms with van der Waals surface area (Å²) in [7, 11) is 0. The Bertz CT molecular complexity index is 836. The molecule has 3 aromatic rings. The molecule has 3 nitrogen and oxygen atoms in total. The molecule has 106 valence electrons. The Hall–Kier alpha value is -2.62. The van der Waals surface area contributed by atoms with Crippen LogP contribution in [0.1, 0.15) is 21.6 Å². The Balaban J connectivity index is 1.98. The van der Waals surface area contributed by atoms with Gasteiger partial charge in [-0.3, -0.25) is 4.79 Å². The Labute approximate surface area is 121 Å². The number of carbonyl (C=O) groups is 1. The van der Waals surface area contributed by atoms with Crippen molar-refractivity contribution >= 4 is 22.5 Å². The number of benzene rings is 2. The van der Waals surface area contributed by atoms with Crippen LogP contribution in [0.3, 0.4) is 0 Å². The maximum Gasteiger partial charge on any atom is 0.272 e. The summed E-state index contributed by atoms with van der Waals surface area (Å²) in [6, 6.07) is 12.0. The number of anilines is 1. The van der Waals surface area contributed by atoms with Crippen molar-refractivity contribution in [2.24, 2.45) is 0 Å². The molecule has 1 heterocycles. The highest BCUT2D eigenvalue weighted by atomic mass is 19.1. The van der Waals surface area contributed by atoms with Crippen molar-refractivity contribution in [2.45, 2.75) is 13.8 Å². The molecule has 0 saturated heterocycles. The average Bonchev–Trinajstić information content (AvgIpc) is 2.78. The molecular weight excluding hydrogens is 267 g/mol. The van der Waals surface area contributed by atoms with Crippen molar-refractivity contribution in [2.75, 3.05) is 5.32 Å². The fraction of sp³-hybridized carbons (Fsp3) is 0.118. The van der Waals surface area contributed by atoms with E-state index in [9.17, 15) is 9.18 Å². The third-order valence-corrected chi connectivity index (χ3v) is 3.64. The number of nitrogens with one attached hydrogen (secondary N) is 2. The minimum absolute atomic E-state index is 0.224. The maximum atomic E-state index is 13.3. The first-order valence-corrected chi connectivity index (χ1v) is 6.71. The highest BCUT2D eigenvalue weighted by Crippen LogP contribution is 2.23. The van der Waals surface area contributed by atoms with E-state index in [1.165, 1.54) is 12.1 Å². The number of carbonyl (C=O) groups excluding carboxylic acids is 1. The molecule has 1 amide bonds. The molecule has 0 unspecified atom stereocenters. The van der Waals surface area contributed by atoms with Gasteiger partial charge in [-0.05, 0) is 49.2 Å². The van der Waals surface area contributed by atoms with Crippen molar-refractivity contribution in [1.82, 2.24) is 4.98 Å². The summed E-state index contributed by atoms with van der Waals surface area (Å²) in [6.45, 7) is 3.78. The highest BCUT2D eigenvalue weighted by molar-refractivity contribution is 6.08. The van der Waals surface area contributed by atoms with Crippen LogP contribution in [0.4, 0.5) is 10.1 Å². The second-order valence-corrected chi connectivity index (χ2v) is 5.08. The van der Waals surface area contributed by atoms with Crippen LogP contribution in [0.2, 0.25) is 0 Å². The molecule has 0 atom stereocenters. The van der Waals surface area contributed by atoms with Gasteiger partial charge in [-0.25, -0.2) is 4.39 Å². The summed E-state index contributed by atoms with van der Waals surface area (Å²) < 4.78 is 13.3. The van der Waals surface area contributed by atoms with Gasteiger partial charge in [0, 0.05) is 16.6 Å². The zero-order valence-electron chi connectivity index (χ0n) is 11.8. The van der Waals surface area contributed by atoms with E-state index in [-0.39, 0.29) is 11.7 Å². The largest absolute Gasteiger partial charge is 0.350 e. The molecule has 0 bridgehead atoms. The van der Waals surface area contributed by atoms with Gasteiger partial charge in [0.25, 0.3) is 5.91 Å². The number of H-pyrrole nitrogens is 1. The van der Waals surface area contributed by atoms with Crippen molar-refractivity contribution in [3.63, 3.8) is 0 Å². The lowest BCUT2D eigenvalue weighted by Crippen LogP contribution is -2.14. The molecule has 0 radical (unpaired) electrons. The summed E-state index contributed by atoms with van der Waals surface area (Å²) in [5.41, 5.74) is 3.66. The van der Waals surface area contributed by atoms with Gasteiger partial charge in [0.1, 0.15) is 11.5 Å². The van der Waals surface area contributed by atoms with Gasteiger partial charge in [-0.15, -0.1) is 0 Å². The van der Waals surface area contributed by atoms with Crippen molar-refractivity contribution in [3.8, 4) is 0 Å². The molecule has 0 aliphatic heterocycles. The zero-order chi connectivity index (χ0) is 15.0. The van der Waals surface area contributed by atoms with E-state index < -0.39 is 0 Å². The molecular formula is C17H15FN2O. The summed E-state index contributed by atoms with van der Waals surface area (Å²) in [6.07, 6.45) is 0. The van der Waals surface area contributed by atoms with Crippen LogP contribution in [-0.2, 0) is 0 Å². The minimum atomic E-state index is -0.324. The Morgan fingerprint density at radius 1 is 1.14 bits per heavy atom. The van der Waals surface area contributed by atoms with Crippen LogP contribution >= 0.6 is 0 Å². The summed E-state index contributed by atoms with van der Waals surface area (Å²) in [4.78, 5) is 15.4. The number of hydrogen-bond donors (Lipinski definition) is 2. The van der Waals surface area contributed by atoms with Crippen LogP contribution < -0.4 is 5.32 Å². The van der Waals surface area contributed by atoms with Gasteiger partial charge < -0.3 is 10.3 Å². The number of aryl methyl sites for hydroxylation is 2. The number of rotatable bonds is 2. The van der Waals surface area contributed by atoms with Crippen molar-refractivity contribution < 1.29 is 9.18 Å². The van der Waals surface area contributed by atoms with Crippen LogP contribution in [0.25, 0.3) is 10.9 Å². The lowest BCUT2D eigenvalue weighted by Gasteiger charge is -2.07. The molecule has 21 heavy (non-hydrogen) atoms. The lowest BCUT2D eigenvalue weighted by atomic mass is 10.1. The van der Waals surface area contributed by atoms with Crippen molar-refractivity contribution in [3.05, 3.63) is 65.1 Å². The SMILES string of the molecule is Cc1ccccc1NC(=O)c1[nH]c2cc(F)ccc2c1C. The van der Waals surface area contributed by atoms with Crippen LogP contribution in [0, 0.1) is 19.7 Å². The predicted molar refractivity (Wildman–Crippen MR) is 82.1 cm³/mol. The summed E-state index contributed by atoms with van der Waals surface area (Å²) >= 11 is 0. The second-order valence-electron chi connectivity index (χ2n) is 5.08. The number of aromatic amines is 1. The molecule has 0 aliphatic rings. The first kappa shape index (κ1) is 13.4. The first-order chi connectivity index (χ1) is 10.1. The number of halogens is 1. The lowest BCUT2D eigenvalue weighted by molar-refractivity contribution is 0.102. The van der Waals surface area contributed by atoms with Gasteiger partial charge in [-0.2, -0.15) is 0 Å². The third-order valence-electron chi connectivity index (χ3n) is 3.64. The molecule has 0 spiro atoms. The average molecular weight is 282 g/mol. The molecule has 2 N–H and O–H groups in total. The topological polar surface area (TPSA) is 44.9 Å². The Kier molecular flexibility index (Phi) is 3.22. The van der Waals surface area contributed by atoms with Gasteiger partial charge in [0.05, 0.1) is 0 Å². The normalized spacial score (nSPS) is 10.8. The van der Waals surface area contributed by atoms with E-state index in [0.29, 0.717) is 11.2 Å². The molecule has 1 aromatic heterocycles. The number of para-hydroxylation sites is 1. The predicted octanol–water partition coefficient (Wildman–Crippen LogP) is 4.18. The van der Waals surface area contributed by atoms with Crippen LogP contribution in [-0.4, -0.2) is 10.9 Å². The fourth-order valence-electron chi connectivity index (χ4n) is 2.44. The maximum absolute atomic E-state index is 13.3. The van der Waals surface area contributed by atoms with E-state index >= 15 is 0 Å². The quantitative estimate of drug-likeness (QED) is 0.727. The number of fused-ring (bicyclic) bond motifs is 1. The van der Waals surface area contributed by atoms with Crippen LogP contribution in [0.15, 0.2) is 42.5 Å². The van der Waals surface area contributed by atoms with Gasteiger partial charge in [-0.1, -0.05) is 18.2 Å². The molecule has 0 aliphatic carbocycles. The third kappa shape index (κ3) is 2.40. The van der Waals surface area contributed by atoms with E-state index in [0.717, 1.165) is 22.2 Å². The number of aromatic nitrogens is 1. The number of amides is 1.